The van der Waals surface area contributed by atoms with Gasteiger partial charge >= 0.3 is 0 Å². The number of methoxy groups -OCH3 is 2. The number of amides is 1. The monoisotopic (exact) mass is 451 g/mol. The van der Waals surface area contributed by atoms with E-state index in [4.69, 9.17) is 48.6 Å². The fourth-order valence-corrected chi connectivity index (χ4v) is 2.83. The number of nitrogens with one attached hydrogen (secondary N) is 1. The van der Waals surface area contributed by atoms with Gasteiger partial charge in [-0.25, -0.2) is 0 Å². The number of halogens is 2. The first-order valence-electron chi connectivity index (χ1n) is 9.10. The van der Waals surface area contributed by atoms with Gasteiger partial charge in [-0.3, -0.25) is 4.79 Å². The summed E-state index contributed by atoms with van der Waals surface area (Å²) in [4.78, 5) is 12.4. The molecule has 8 heteroatoms. The molecule has 1 N–H and O–H groups in total. The van der Waals surface area contributed by atoms with Gasteiger partial charge in [0, 0.05) is 19.7 Å². The van der Waals surface area contributed by atoms with Gasteiger partial charge in [0.05, 0.1) is 17.2 Å². The smallest absolute Gasteiger partial charge is 0.252 e. The first-order chi connectivity index (χ1) is 14.5. The van der Waals surface area contributed by atoms with Gasteiger partial charge in [-0.2, -0.15) is 0 Å². The van der Waals surface area contributed by atoms with E-state index in [-0.39, 0.29) is 19.1 Å². The molecule has 0 fully saturated rings. The second-order valence-corrected chi connectivity index (χ2v) is 6.94. The third-order valence-electron chi connectivity index (χ3n) is 4.12. The zero-order valence-corrected chi connectivity index (χ0v) is 18.3. The molecule has 2 rings (SSSR count). The highest BCUT2D eigenvalue weighted by Crippen LogP contribution is 2.28. The molecule has 0 spiro atoms. The van der Waals surface area contributed by atoms with Crippen molar-refractivity contribution in [2.24, 2.45) is 0 Å². The fourth-order valence-electron chi connectivity index (χ4n) is 2.54. The molecule has 6 nitrogen and oxygen atoms in total. The largest absolute Gasteiger partial charge is 0.493 e. The zero-order valence-electron chi connectivity index (χ0n) is 16.7. The minimum Gasteiger partial charge on any atom is -0.493 e. The molecule has 30 heavy (non-hydrogen) atoms. The van der Waals surface area contributed by atoms with Crippen LogP contribution < -0.4 is 19.5 Å². The summed E-state index contributed by atoms with van der Waals surface area (Å²) in [6, 6.07) is 10.4. The summed E-state index contributed by atoms with van der Waals surface area (Å²) in [5.74, 6) is 3.78. The van der Waals surface area contributed by atoms with E-state index in [1.54, 1.807) is 31.4 Å². The lowest BCUT2D eigenvalue weighted by Crippen LogP contribution is -2.40. The number of carbonyl (C=O) groups excluding carboxylic acids is 1. The maximum atomic E-state index is 12.4. The van der Waals surface area contributed by atoms with Crippen molar-refractivity contribution < 1.29 is 23.7 Å². The predicted molar refractivity (Wildman–Crippen MR) is 117 cm³/mol. The van der Waals surface area contributed by atoms with Crippen molar-refractivity contribution in [3.8, 4) is 29.6 Å². The number of rotatable bonds is 11. The molecule has 0 saturated heterocycles. The molecule has 2 aromatic carbocycles. The number of carbonyl (C=O) groups is 1. The van der Waals surface area contributed by atoms with E-state index in [1.165, 1.54) is 7.11 Å². The number of terminal acetylenes is 1. The van der Waals surface area contributed by atoms with Crippen molar-refractivity contribution in [2.75, 3.05) is 34.0 Å². The highest BCUT2D eigenvalue weighted by Gasteiger charge is 2.18. The average molecular weight is 452 g/mol. The van der Waals surface area contributed by atoms with E-state index in [9.17, 15) is 4.79 Å². The van der Waals surface area contributed by atoms with Crippen molar-refractivity contribution in [1.29, 1.82) is 0 Å². The van der Waals surface area contributed by atoms with Gasteiger partial charge in [0.1, 0.15) is 19.0 Å². The Kier molecular flexibility index (Phi) is 9.62. The molecule has 1 amide bonds. The van der Waals surface area contributed by atoms with E-state index >= 15 is 0 Å². The van der Waals surface area contributed by atoms with Crippen molar-refractivity contribution in [2.45, 2.75) is 12.5 Å². The van der Waals surface area contributed by atoms with Crippen LogP contribution in [0.1, 0.15) is 5.56 Å². The SMILES string of the molecule is C#CCOc1ccc(CCNC(=O)[C@@H](COc2ccc(Cl)c(Cl)c2)OC)cc1OC. The quantitative estimate of drug-likeness (QED) is 0.526. The number of ether oxygens (including phenoxy) is 4. The summed E-state index contributed by atoms with van der Waals surface area (Å²) in [5, 5.41) is 3.64. The van der Waals surface area contributed by atoms with Crippen LogP contribution in [0.4, 0.5) is 0 Å². The summed E-state index contributed by atoms with van der Waals surface area (Å²) in [7, 11) is 3.00. The van der Waals surface area contributed by atoms with E-state index in [2.05, 4.69) is 11.2 Å². The van der Waals surface area contributed by atoms with Gasteiger partial charge < -0.3 is 24.3 Å². The lowest BCUT2D eigenvalue weighted by Gasteiger charge is -2.16. The van der Waals surface area contributed by atoms with Crippen molar-refractivity contribution in [3.63, 3.8) is 0 Å². The van der Waals surface area contributed by atoms with Crippen molar-refractivity contribution >= 4 is 29.1 Å². The molecule has 0 unspecified atom stereocenters. The van der Waals surface area contributed by atoms with Gasteiger partial charge in [0.15, 0.2) is 17.6 Å². The summed E-state index contributed by atoms with van der Waals surface area (Å²) in [6.07, 6.45) is 5.04. The first kappa shape index (κ1) is 23.7. The maximum Gasteiger partial charge on any atom is 0.252 e. The second-order valence-electron chi connectivity index (χ2n) is 6.13. The Morgan fingerprint density at radius 3 is 2.57 bits per heavy atom. The third kappa shape index (κ3) is 7.03. The summed E-state index contributed by atoms with van der Waals surface area (Å²) in [6.45, 7) is 0.614. The minimum atomic E-state index is -0.770. The maximum absolute atomic E-state index is 12.4. The molecule has 160 valence electrons. The minimum absolute atomic E-state index is 0.0370. The fraction of sp³-hybridized carbons (Fsp3) is 0.318. The predicted octanol–water partition coefficient (Wildman–Crippen LogP) is 3.77. The molecule has 0 saturated carbocycles. The van der Waals surface area contributed by atoms with Gasteiger partial charge in [-0.15, -0.1) is 6.42 Å². The third-order valence-corrected chi connectivity index (χ3v) is 4.86. The lowest BCUT2D eigenvalue weighted by molar-refractivity contribution is -0.132. The Morgan fingerprint density at radius 2 is 1.90 bits per heavy atom. The highest BCUT2D eigenvalue weighted by molar-refractivity contribution is 6.42. The molecule has 0 heterocycles. The van der Waals surface area contributed by atoms with E-state index in [0.29, 0.717) is 40.3 Å². The Labute approximate surface area is 186 Å². The molecule has 0 aliphatic heterocycles. The molecule has 0 aromatic heterocycles. The number of benzene rings is 2. The Bertz CT molecular complexity index is 898. The van der Waals surface area contributed by atoms with Crippen LogP contribution in [0.3, 0.4) is 0 Å². The van der Waals surface area contributed by atoms with Gasteiger partial charge in [-0.05, 0) is 36.2 Å². The molecule has 0 aliphatic carbocycles. The Balaban J connectivity index is 1.84. The van der Waals surface area contributed by atoms with Crippen molar-refractivity contribution in [3.05, 3.63) is 52.0 Å². The van der Waals surface area contributed by atoms with Crippen LogP contribution >= 0.6 is 23.2 Å². The van der Waals surface area contributed by atoms with Crippen LogP contribution in [0.15, 0.2) is 36.4 Å². The summed E-state index contributed by atoms with van der Waals surface area (Å²) < 4.78 is 21.6. The molecule has 0 bridgehead atoms. The first-order valence-corrected chi connectivity index (χ1v) is 9.85. The molecular weight excluding hydrogens is 429 g/mol. The van der Waals surface area contributed by atoms with Gasteiger partial charge in [-0.1, -0.05) is 35.2 Å². The summed E-state index contributed by atoms with van der Waals surface area (Å²) in [5.41, 5.74) is 0.973. The van der Waals surface area contributed by atoms with Crippen LogP contribution in [0.5, 0.6) is 17.2 Å². The van der Waals surface area contributed by atoms with Crippen LogP contribution in [0.2, 0.25) is 10.0 Å². The molecule has 1 atom stereocenters. The van der Waals surface area contributed by atoms with Crippen LogP contribution in [0, 0.1) is 12.3 Å². The summed E-state index contributed by atoms with van der Waals surface area (Å²) >= 11 is 11.8. The topological polar surface area (TPSA) is 66.0 Å². The zero-order chi connectivity index (χ0) is 21.9. The van der Waals surface area contributed by atoms with Crippen LogP contribution in [0.25, 0.3) is 0 Å². The second kappa shape index (κ2) is 12.2. The van der Waals surface area contributed by atoms with Crippen LogP contribution in [-0.4, -0.2) is 46.0 Å². The molecule has 2 aromatic rings. The normalized spacial score (nSPS) is 11.3. The molecule has 0 radical (unpaired) electrons. The van der Waals surface area contributed by atoms with E-state index < -0.39 is 6.10 Å². The van der Waals surface area contributed by atoms with Crippen molar-refractivity contribution in [1.82, 2.24) is 5.32 Å². The highest BCUT2D eigenvalue weighted by atomic mass is 35.5. The molecular formula is C22H23Cl2NO5. The van der Waals surface area contributed by atoms with E-state index in [1.807, 2.05) is 12.1 Å². The van der Waals surface area contributed by atoms with Crippen LogP contribution in [-0.2, 0) is 16.0 Å². The number of hydrogen-bond donors (Lipinski definition) is 1. The standard InChI is InChI=1S/C22H23Cl2NO5/c1-4-11-29-19-8-5-15(12-20(19)27-2)9-10-25-22(26)21(28-3)14-30-16-6-7-17(23)18(24)13-16/h1,5-8,12-13,21H,9-11,14H2,2-3H3,(H,25,26)/t21-/m1/s1. The number of hydrogen-bond acceptors (Lipinski definition) is 5. The Hall–Kier alpha value is -2.59. The Morgan fingerprint density at radius 1 is 1.10 bits per heavy atom. The van der Waals surface area contributed by atoms with E-state index in [0.717, 1.165) is 5.56 Å². The lowest BCUT2D eigenvalue weighted by atomic mass is 10.1. The average Bonchev–Trinajstić information content (AvgIpc) is 2.75. The molecule has 0 aliphatic rings. The van der Waals surface area contributed by atoms with Gasteiger partial charge in [0.25, 0.3) is 5.91 Å². The van der Waals surface area contributed by atoms with Gasteiger partial charge in [0.2, 0.25) is 0 Å².